The Morgan fingerprint density at radius 3 is 1.94 bits per heavy atom. The largest absolute Gasteiger partial charge is 0.300 e. The Morgan fingerprint density at radius 2 is 1.42 bits per heavy atom. The second-order valence-electron chi connectivity index (χ2n) is 12.2. The molecule has 2 rings (SSSR count). The van der Waals surface area contributed by atoms with Crippen LogP contribution < -0.4 is 0 Å². The van der Waals surface area contributed by atoms with Gasteiger partial charge in [0, 0.05) is 11.3 Å². The number of benzene rings is 1. The number of carbonyl (C=O) groups is 1. The van der Waals surface area contributed by atoms with Gasteiger partial charge in [-0.15, -0.1) is 0 Å². The van der Waals surface area contributed by atoms with Gasteiger partial charge in [-0.3, -0.25) is 4.79 Å². The summed E-state index contributed by atoms with van der Waals surface area (Å²) in [5.41, 5.74) is 5.77. The highest BCUT2D eigenvalue weighted by molar-refractivity contribution is 5.79. The molecule has 0 saturated carbocycles. The second-order valence-corrected chi connectivity index (χ2v) is 12.2. The van der Waals surface area contributed by atoms with E-state index >= 15 is 0 Å². The average molecular weight is 453 g/mol. The first kappa shape index (κ1) is 27.9. The molecule has 0 saturated heterocycles. The minimum Gasteiger partial charge on any atom is -0.300 e. The molecule has 0 bridgehead atoms. The number of fused-ring (bicyclic) bond motifs is 1. The van der Waals surface area contributed by atoms with Crippen molar-refractivity contribution in [1.82, 2.24) is 0 Å². The zero-order valence-corrected chi connectivity index (χ0v) is 23.0. The molecular weight excluding hydrogens is 400 g/mol. The maximum absolute atomic E-state index is 12.6. The highest BCUT2D eigenvalue weighted by Gasteiger charge is 2.30. The fourth-order valence-corrected chi connectivity index (χ4v) is 5.20. The van der Waals surface area contributed by atoms with E-state index in [4.69, 9.17) is 0 Å². The number of ketones is 1. The molecule has 0 N–H and O–H groups in total. The SMILES string of the molecule is CCCCCCCCCCCCCC(Cc1cc(C(C)(C)C)cc2c1C=CC2(C)C)C(C)=O. The molecule has 0 aliphatic heterocycles. The summed E-state index contributed by atoms with van der Waals surface area (Å²) in [6, 6.07) is 4.80. The van der Waals surface area contributed by atoms with E-state index in [1.807, 2.05) is 0 Å². The lowest BCUT2D eigenvalue weighted by Gasteiger charge is -2.27. The van der Waals surface area contributed by atoms with Crippen molar-refractivity contribution in [2.45, 2.75) is 143 Å². The van der Waals surface area contributed by atoms with E-state index < -0.39 is 0 Å². The molecule has 0 aromatic heterocycles. The van der Waals surface area contributed by atoms with Gasteiger partial charge >= 0.3 is 0 Å². The number of unbranched alkanes of at least 4 members (excludes halogenated alkanes) is 10. The Kier molecular flexibility index (Phi) is 10.9. The Hall–Kier alpha value is -1.37. The summed E-state index contributed by atoms with van der Waals surface area (Å²) in [7, 11) is 0. The van der Waals surface area contributed by atoms with E-state index in [9.17, 15) is 4.79 Å². The Morgan fingerprint density at radius 1 is 0.879 bits per heavy atom. The lowest BCUT2D eigenvalue weighted by atomic mass is 9.77. The number of Topliss-reactive ketones (excluding diaryl/α,β-unsaturated/α-hetero) is 1. The Labute approximate surface area is 205 Å². The van der Waals surface area contributed by atoms with Gasteiger partial charge < -0.3 is 0 Å². The topological polar surface area (TPSA) is 17.1 Å². The van der Waals surface area contributed by atoms with Gasteiger partial charge in [0.25, 0.3) is 0 Å². The third-order valence-electron chi connectivity index (χ3n) is 7.69. The maximum Gasteiger partial charge on any atom is 0.133 e. The van der Waals surface area contributed by atoms with E-state index in [0.717, 1.165) is 12.8 Å². The van der Waals surface area contributed by atoms with Crippen LogP contribution in [0.3, 0.4) is 0 Å². The molecule has 1 unspecified atom stereocenters. The molecule has 1 aromatic rings. The summed E-state index contributed by atoms with van der Waals surface area (Å²) in [6.45, 7) is 15.6. The summed E-state index contributed by atoms with van der Waals surface area (Å²) in [4.78, 5) is 12.6. The second kappa shape index (κ2) is 12.9. The Bertz CT molecular complexity index is 774. The molecule has 1 nitrogen and oxygen atoms in total. The number of hydrogen-bond acceptors (Lipinski definition) is 1. The first-order valence-corrected chi connectivity index (χ1v) is 13.9. The van der Waals surface area contributed by atoms with Crippen molar-refractivity contribution < 1.29 is 4.79 Å². The standard InChI is InChI=1S/C32H52O/c1-8-9-10-11-12-13-14-15-16-17-18-19-26(25(2)33)22-27-23-28(31(3,4)5)24-30-29(27)20-21-32(30,6)7/h20-21,23-24,26H,8-19,22H2,1-7H3. The van der Waals surface area contributed by atoms with E-state index in [1.54, 1.807) is 6.92 Å². The van der Waals surface area contributed by atoms with Gasteiger partial charge in [-0.1, -0.05) is 136 Å². The summed E-state index contributed by atoms with van der Waals surface area (Å²) in [5, 5.41) is 0. The van der Waals surface area contributed by atoms with Crippen molar-refractivity contribution >= 4 is 11.9 Å². The molecule has 0 spiro atoms. The van der Waals surface area contributed by atoms with Crippen LogP contribution in [0.2, 0.25) is 0 Å². The van der Waals surface area contributed by atoms with Crippen molar-refractivity contribution in [3.8, 4) is 0 Å². The van der Waals surface area contributed by atoms with E-state index in [1.165, 1.54) is 92.9 Å². The van der Waals surface area contributed by atoms with E-state index in [-0.39, 0.29) is 16.7 Å². The van der Waals surface area contributed by atoms with Crippen molar-refractivity contribution in [3.63, 3.8) is 0 Å². The molecule has 1 aliphatic rings. The predicted molar refractivity (Wildman–Crippen MR) is 146 cm³/mol. The Balaban J connectivity index is 1.88. The lowest BCUT2D eigenvalue weighted by Crippen LogP contribution is -2.19. The smallest absolute Gasteiger partial charge is 0.133 e. The third-order valence-corrected chi connectivity index (χ3v) is 7.69. The molecule has 0 amide bonds. The molecule has 0 fully saturated rings. The molecule has 0 heterocycles. The van der Waals surface area contributed by atoms with Gasteiger partial charge in [-0.2, -0.15) is 0 Å². The van der Waals surface area contributed by atoms with Gasteiger partial charge in [-0.05, 0) is 47.4 Å². The number of hydrogen-bond donors (Lipinski definition) is 0. The number of allylic oxidation sites excluding steroid dienone is 1. The van der Waals surface area contributed by atoms with Crippen LogP contribution in [-0.4, -0.2) is 5.78 Å². The summed E-state index contributed by atoms with van der Waals surface area (Å²) < 4.78 is 0. The molecule has 186 valence electrons. The average Bonchev–Trinajstić information content (AvgIpc) is 3.05. The minimum atomic E-state index is 0.0765. The van der Waals surface area contributed by atoms with Crippen LogP contribution >= 0.6 is 0 Å². The van der Waals surface area contributed by atoms with Gasteiger partial charge in [0.15, 0.2) is 0 Å². The van der Waals surface area contributed by atoms with Crippen LogP contribution in [0.4, 0.5) is 0 Å². The quantitative estimate of drug-likeness (QED) is 0.242. The van der Waals surface area contributed by atoms with Crippen LogP contribution in [0.25, 0.3) is 6.08 Å². The fraction of sp³-hybridized carbons (Fsp3) is 0.719. The monoisotopic (exact) mass is 452 g/mol. The summed E-state index contributed by atoms with van der Waals surface area (Å²) in [6.07, 6.45) is 21.5. The highest BCUT2D eigenvalue weighted by Crippen LogP contribution is 2.41. The fourth-order valence-electron chi connectivity index (χ4n) is 5.20. The molecule has 1 aliphatic carbocycles. The van der Waals surface area contributed by atoms with Crippen molar-refractivity contribution in [2.24, 2.45) is 5.92 Å². The lowest BCUT2D eigenvalue weighted by molar-refractivity contribution is -0.120. The summed E-state index contributed by atoms with van der Waals surface area (Å²) in [5.74, 6) is 0.512. The van der Waals surface area contributed by atoms with Gasteiger partial charge in [0.1, 0.15) is 5.78 Å². The first-order valence-electron chi connectivity index (χ1n) is 13.9. The van der Waals surface area contributed by atoms with Gasteiger partial charge in [0.05, 0.1) is 0 Å². The number of rotatable bonds is 15. The number of carbonyl (C=O) groups excluding carboxylic acids is 1. The molecule has 33 heavy (non-hydrogen) atoms. The van der Waals surface area contributed by atoms with Crippen molar-refractivity contribution in [1.29, 1.82) is 0 Å². The summed E-state index contributed by atoms with van der Waals surface area (Å²) >= 11 is 0. The minimum absolute atomic E-state index is 0.0765. The highest BCUT2D eigenvalue weighted by atomic mass is 16.1. The maximum atomic E-state index is 12.6. The molecular formula is C32H52O. The van der Waals surface area contributed by atoms with Gasteiger partial charge in [0.2, 0.25) is 0 Å². The van der Waals surface area contributed by atoms with Crippen LogP contribution in [0, 0.1) is 5.92 Å². The van der Waals surface area contributed by atoms with Crippen LogP contribution in [0.5, 0.6) is 0 Å². The first-order chi connectivity index (χ1) is 15.6. The third kappa shape index (κ3) is 8.73. The molecule has 1 atom stereocenters. The van der Waals surface area contributed by atoms with Crippen LogP contribution in [0.1, 0.15) is 148 Å². The van der Waals surface area contributed by atoms with E-state index in [2.05, 4.69) is 65.8 Å². The molecule has 1 aromatic carbocycles. The van der Waals surface area contributed by atoms with Crippen LogP contribution in [0.15, 0.2) is 18.2 Å². The predicted octanol–water partition coefficient (Wildman–Crippen LogP) is 9.74. The zero-order chi connectivity index (χ0) is 24.5. The molecule has 0 radical (unpaired) electrons. The zero-order valence-electron chi connectivity index (χ0n) is 23.0. The van der Waals surface area contributed by atoms with Crippen LogP contribution in [-0.2, 0) is 22.0 Å². The molecule has 1 heteroatoms. The van der Waals surface area contributed by atoms with E-state index in [0.29, 0.717) is 5.78 Å². The van der Waals surface area contributed by atoms with Crippen molar-refractivity contribution in [3.05, 3.63) is 40.5 Å². The normalized spacial score (nSPS) is 15.6. The van der Waals surface area contributed by atoms with Crippen molar-refractivity contribution in [2.75, 3.05) is 0 Å². The van der Waals surface area contributed by atoms with Gasteiger partial charge in [-0.25, -0.2) is 0 Å².